The van der Waals surface area contributed by atoms with Crippen LogP contribution in [-0.4, -0.2) is 36.1 Å². The number of nitrogens with zero attached hydrogens (tertiary/aromatic N) is 1. The highest BCUT2D eigenvalue weighted by Crippen LogP contribution is 2.31. The molecule has 0 aromatic rings. The van der Waals surface area contributed by atoms with Crippen LogP contribution in [0.2, 0.25) is 0 Å². The first kappa shape index (κ1) is 15.8. The minimum atomic E-state index is 0.762. The molecule has 2 saturated carbocycles. The van der Waals surface area contributed by atoms with Crippen molar-refractivity contribution >= 4 is 0 Å². The molecule has 0 aromatic heterocycles. The maximum Gasteiger partial charge on any atom is 0.0197 e. The van der Waals surface area contributed by atoms with E-state index in [0.29, 0.717) is 0 Å². The molecule has 2 nitrogen and oxygen atoms in total. The van der Waals surface area contributed by atoms with Gasteiger partial charge in [-0.25, -0.2) is 0 Å². The van der Waals surface area contributed by atoms with E-state index in [-0.39, 0.29) is 0 Å². The minimum Gasteiger partial charge on any atom is -0.313 e. The Morgan fingerprint density at radius 1 is 0.810 bits per heavy atom. The largest absolute Gasteiger partial charge is 0.313 e. The number of nitrogens with one attached hydrogen (secondary N) is 1. The standard InChI is InChI=1S/C19H36N2/c1-16-12-13-20-17(14-16)15-21(18-8-4-2-5-9-18)19-10-6-3-7-11-19/h16-20H,2-15H2,1H3. The number of rotatable bonds is 4. The SMILES string of the molecule is CC1CCNC(CN(C2CCCCC2)C2CCCCC2)C1. The van der Waals surface area contributed by atoms with Gasteiger partial charge in [0.15, 0.2) is 0 Å². The van der Waals surface area contributed by atoms with Gasteiger partial charge in [-0.05, 0) is 51.0 Å². The highest BCUT2D eigenvalue weighted by atomic mass is 15.2. The molecule has 0 bridgehead atoms. The van der Waals surface area contributed by atoms with Crippen molar-refractivity contribution in [1.82, 2.24) is 10.2 Å². The lowest BCUT2D eigenvalue weighted by Gasteiger charge is -2.44. The van der Waals surface area contributed by atoms with Gasteiger partial charge in [0, 0.05) is 24.7 Å². The van der Waals surface area contributed by atoms with Gasteiger partial charge >= 0.3 is 0 Å². The second kappa shape index (κ2) is 7.97. The molecule has 1 heterocycles. The molecule has 122 valence electrons. The third kappa shape index (κ3) is 4.45. The fraction of sp³-hybridized carbons (Fsp3) is 1.00. The van der Waals surface area contributed by atoms with E-state index >= 15 is 0 Å². The Morgan fingerprint density at radius 2 is 1.38 bits per heavy atom. The Labute approximate surface area is 132 Å². The zero-order chi connectivity index (χ0) is 14.5. The van der Waals surface area contributed by atoms with Crippen LogP contribution in [0, 0.1) is 5.92 Å². The van der Waals surface area contributed by atoms with E-state index in [0.717, 1.165) is 24.0 Å². The first-order valence-electron chi connectivity index (χ1n) is 9.82. The fourth-order valence-electron chi connectivity index (χ4n) is 5.04. The van der Waals surface area contributed by atoms with Crippen LogP contribution in [0.1, 0.15) is 84.0 Å². The normalized spacial score (nSPS) is 33.4. The van der Waals surface area contributed by atoms with E-state index < -0.39 is 0 Å². The Morgan fingerprint density at radius 3 is 1.90 bits per heavy atom. The highest BCUT2D eigenvalue weighted by molar-refractivity contribution is 4.88. The lowest BCUT2D eigenvalue weighted by Crippen LogP contribution is -2.53. The number of piperidine rings is 1. The first-order valence-corrected chi connectivity index (χ1v) is 9.82. The van der Waals surface area contributed by atoms with E-state index in [4.69, 9.17) is 0 Å². The highest BCUT2D eigenvalue weighted by Gasteiger charge is 2.31. The fourth-order valence-corrected chi connectivity index (χ4v) is 5.04. The summed E-state index contributed by atoms with van der Waals surface area (Å²) in [6.07, 6.45) is 17.5. The van der Waals surface area contributed by atoms with Crippen LogP contribution in [0.25, 0.3) is 0 Å². The second-order valence-electron chi connectivity index (χ2n) is 8.06. The van der Waals surface area contributed by atoms with E-state index in [1.165, 1.54) is 90.1 Å². The molecule has 0 amide bonds. The van der Waals surface area contributed by atoms with Crippen LogP contribution in [-0.2, 0) is 0 Å². The maximum atomic E-state index is 3.82. The minimum absolute atomic E-state index is 0.762. The number of hydrogen-bond donors (Lipinski definition) is 1. The summed E-state index contributed by atoms with van der Waals surface area (Å²) in [5.74, 6) is 0.927. The zero-order valence-electron chi connectivity index (χ0n) is 14.2. The van der Waals surface area contributed by atoms with Crippen LogP contribution in [0.15, 0.2) is 0 Å². The van der Waals surface area contributed by atoms with Gasteiger partial charge in [-0.2, -0.15) is 0 Å². The lowest BCUT2D eigenvalue weighted by atomic mass is 9.87. The lowest BCUT2D eigenvalue weighted by molar-refractivity contribution is 0.0634. The van der Waals surface area contributed by atoms with Gasteiger partial charge in [0.2, 0.25) is 0 Å². The Kier molecular flexibility index (Phi) is 5.99. The van der Waals surface area contributed by atoms with Gasteiger partial charge in [0.1, 0.15) is 0 Å². The molecule has 2 heteroatoms. The van der Waals surface area contributed by atoms with Crippen LogP contribution in [0.5, 0.6) is 0 Å². The molecular formula is C19H36N2. The predicted molar refractivity (Wildman–Crippen MR) is 90.6 cm³/mol. The van der Waals surface area contributed by atoms with Crippen molar-refractivity contribution in [3.05, 3.63) is 0 Å². The number of hydrogen-bond acceptors (Lipinski definition) is 2. The molecule has 21 heavy (non-hydrogen) atoms. The molecule has 1 saturated heterocycles. The summed E-state index contributed by atoms with van der Waals surface area (Å²) in [6, 6.07) is 2.57. The van der Waals surface area contributed by atoms with Crippen molar-refractivity contribution in [3.63, 3.8) is 0 Å². The van der Waals surface area contributed by atoms with Crippen molar-refractivity contribution in [2.75, 3.05) is 13.1 Å². The summed E-state index contributed by atoms with van der Waals surface area (Å²) in [7, 11) is 0. The van der Waals surface area contributed by atoms with E-state index in [1.54, 1.807) is 0 Å². The Balaban J connectivity index is 1.62. The average Bonchev–Trinajstić information content (AvgIpc) is 2.54. The van der Waals surface area contributed by atoms with Gasteiger partial charge < -0.3 is 5.32 Å². The van der Waals surface area contributed by atoms with Gasteiger partial charge in [-0.15, -0.1) is 0 Å². The predicted octanol–water partition coefficient (Wildman–Crippen LogP) is 4.34. The molecule has 1 N–H and O–H groups in total. The van der Waals surface area contributed by atoms with Gasteiger partial charge in [0.05, 0.1) is 0 Å². The Bertz CT molecular complexity index is 274. The molecular weight excluding hydrogens is 256 g/mol. The van der Waals surface area contributed by atoms with Crippen LogP contribution in [0.3, 0.4) is 0 Å². The molecule has 3 fully saturated rings. The molecule has 1 aliphatic heterocycles. The second-order valence-corrected chi connectivity index (χ2v) is 8.06. The third-order valence-corrected chi connectivity index (χ3v) is 6.28. The molecule has 3 rings (SSSR count). The van der Waals surface area contributed by atoms with E-state index in [9.17, 15) is 0 Å². The zero-order valence-corrected chi connectivity index (χ0v) is 14.2. The van der Waals surface area contributed by atoms with Gasteiger partial charge in [-0.1, -0.05) is 45.4 Å². The summed E-state index contributed by atoms with van der Waals surface area (Å²) >= 11 is 0. The topological polar surface area (TPSA) is 15.3 Å². The van der Waals surface area contributed by atoms with Crippen LogP contribution < -0.4 is 5.32 Å². The van der Waals surface area contributed by atoms with Crippen molar-refractivity contribution in [1.29, 1.82) is 0 Å². The first-order chi connectivity index (χ1) is 10.3. The molecule has 2 aliphatic carbocycles. The quantitative estimate of drug-likeness (QED) is 0.829. The molecule has 0 aromatic carbocycles. The summed E-state index contributed by atoms with van der Waals surface area (Å²) < 4.78 is 0. The van der Waals surface area contributed by atoms with Crippen molar-refractivity contribution in [3.8, 4) is 0 Å². The summed E-state index contributed by atoms with van der Waals surface area (Å²) in [5.41, 5.74) is 0. The van der Waals surface area contributed by atoms with Crippen LogP contribution >= 0.6 is 0 Å². The molecule has 0 spiro atoms. The molecule has 2 unspecified atom stereocenters. The third-order valence-electron chi connectivity index (χ3n) is 6.28. The molecule has 0 radical (unpaired) electrons. The monoisotopic (exact) mass is 292 g/mol. The van der Waals surface area contributed by atoms with Crippen molar-refractivity contribution in [2.24, 2.45) is 5.92 Å². The van der Waals surface area contributed by atoms with Crippen LogP contribution in [0.4, 0.5) is 0 Å². The molecule has 2 atom stereocenters. The summed E-state index contributed by atoms with van der Waals surface area (Å²) in [4.78, 5) is 2.98. The van der Waals surface area contributed by atoms with Gasteiger partial charge in [-0.3, -0.25) is 4.90 Å². The summed E-state index contributed by atoms with van der Waals surface area (Å²) in [6.45, 7) is 5.02. The van der Waals surface area contributed by atoms with Crippen molar-refractivity contribution in [2.45, 2.75) is 102 Å². The van der Waals surface area contributed by atoms with E-state index in [1.807, 2.05) is 0 Å². The average molecular weight is 293 g/mol. The van der Waals surface area contributed by atoms with Gasteiger partial charge in [0.25, 0.3) is 0 Å². The van der Waals surface area contributed by atoms with Crippen molar-refractivity contribution < 1.29 is 0 Å². The summed E-state index contributed by atoms with van der Waals surface area (Å²) in [5, 5.41) is 3.82. The van der Waals surface area contributed by atoms with E-state index in [2.05, 4.69) is 17.1 Å². The smallest absolute Gasteiger partial charge is 0.0197 e. The Hall–Kier alpha value is -0.0800. The molecule has 3 aliphatic rings. The maximum absolute atomic E-state index is 3.82.